The Hall–Kier alpha value is -1.02. The molecule has 0 saturated heterocycles. The molecule has 0 radical (unpaired) electrons. The highest BCUT2D eigenvalue weighted by Gasteiger charge is 2.07. The third kappa shape index (κ3) is 6.11. The lowest BCUT2D eigenvalue weighted by atomic mass is 10.0. The van der Waals surface area contributed by atoms with E-state index in [1.165, 1.54) is 17.5 Å². The SMILES string of the molecule is Cc1ccc(C(C)C)c(OCCNCCC(C)C)c1. The molecule has 0 bridgehead atoms. The van der Waals surface area contributed by atoms with Crippen molar-refractivity contribution < 1.29 is 4.74 Å². The minimum atomic E-state index is 0.504. The predicted molar refractivity (Wildman–Crippen MR) is 83.1 cm³/mol. The number of hydrogen-bond acceptors (Lipinski definition) is 2. The zero-order valence-electron chi connectivity index (χ0n) is 13.1. The van der Waals surface area contributed by atoms with E-state index in [4.69, 9.17) is 4.74 Å². The van der Waals surface area contributed by atoms with Crippen LogP contribution in [0, 0.1) is 12.8 Å². The molecule has 0 aliphatic carbocycles. The topological polar surface area (TPSA) is 21.3 Å². The van der Waals surface area contributed by atoms with Crippen molar-refractivity contribution in [2.45, 2.75) is 47.0 Å². The summed E-state index contributed by atoms with van der Waals surface area (Å²) in [6.07, 6.45) is 1.22. The smallest absolute Gasteiger partial charge is 0.123 e. The van der Waals surface area contributed by atoms with Gasteiger partial charge in [0.25, 0.3) is 0 Å². The van der Waals surface area contributed by atoms with Gasteiger partial charge in [-0.05, 0) is 48.9 Å². The molecule has 0 atom stereocenters. The van der Waals surface area contributed by atoms with Crippen LogP contribution in [0.4, 0.5) is 0 Å². The number of benzene rings is 1. The maximum atomic E-state index is 5.92. The first-order valence-corrected chi connectivity index (χ1v) is 7.44. The van der Waals surface area contributed by atoms with Crippen molar-refractivity contribution in [3.05, 3.63) is 29.3 Å². The first-order chi connectivity index (χ1) is 9.00. The average Bonchev–Trinajstić information content (AvgIpc) is 2.33. The Kier molecular flexibility index (Phi) is 6.93. The van der Waals surface area contributed by atoms with E-state index in [2.05, 4.69) is 58.1 Å². The number of ether oxygens (including phenoxy) is 1. The lowest BCUT2D eigenvalue weighted by Gasteiger charge is -2.15. The van der Waals surface area contributed by atoms with Crippen molar-refractivity contribution in [3.8, 4) is 5.75 Å². The molecule has 1 N–H and O–H groups in total. The van der Waals surface area contributed by atoms with Crippen molar-refractivity contribution in [1.82, 2.24) is 5.32 Å². The molecule has 1 aromatic carbocycles. The van der Waals surface area contributed by atoms with Crippen LogP contribution in [0.15, 0.2) is 18.2 Å². The number of hydrogen-bond donors (Lipinski definition) is 1. The molecule has 0 spiro atoms. The standard InChI is InChI=1S/C17H29NO/c1-13(2)8-9-18-10-11-19-17-12-15(5)6-7-16(17)14(3)4/h6-7,12-14,18H,8-11H2,1-5H3. The van der Waals surface area contributed by atoms with Crippen LogP contribution in [0.5, 0.6) is 5.75 Å². The number of nitrogens with one attached hydrogen (secondary N) is 1. The van der Waals surface area contributed by atoms with Crippen LogP contribution >= 0.6 is 0 Å². The van der Waals surface area contributed by atoms with Gasteiger partial charge in [0.1, 0.15) is 12.4 Å². The molecule has 1 rings (SSSR count). The summed E-state index contributed by atoms with van der Waals surface area (Å²) in [6, 6.07) is 6.48. The molecule has 1 aromatic rings. The van der Waals surface area contributed by atoms with Gasteiger partial charge in [-0.2, -0.15) is 0 Å². The van der Waals surface area contributed by atoms with Crippen molar-refractivity contribution in [3.63, 3.8) is 0 Å². The van der Waals surface area contributed by atoms with E-state index >= 15 is 0 Å². The molecule has 0 aliphatic rings. The molecule has 0 amide bonds. The summed E-state index contributed by atoms with van der Waals surface area (Å²) in [7, 11) is 0. The molecule has 19 heavy (non-hydrogen) atoms. The fourth-order valence-electron chi connectivity index (χ4n) is 1.99. The molecule has 0 saturated carbocycles. The predicted octanol–water partition coefficient (Wildman–Crippen LogP) is 4.13. The molecule has 0 aromatic heterocycles. The maximum Gasteiger partial charge on any atom is 0.123 e. The summed E-state index contributed by atoms with van der Waals surface area (Å²) in [5, 5.41) is 3.43. The molecule has 2 heteroatoms. The van der Waals surface area contributed by atoms with Gasteiger partial charge in [-0.1, -0.05) is 39.8 Å². The van der Waals surface area contributed by atoms with E-state index < -0.39 is 0 Å². The van der Waals surface area contributed by atoms with Gasteiger partial charge >= 0.3 is 0 Å². The molecular formula is C17H29NO. The van der Waals surface area contributed by atoms with Crippen LogP contribution < -0.4 is 10.1 Å². The Morgan fingerprint density at radius 3 is 2.47 bits per heavy atom. The summed E-state index contributed by atoms with van der Waals surface area (Å²) < 4.78 is 5.92. The van der Waals surface area contributed by atoms with Crippen LogP contribution in [0.25, 0.3) is 0 Å². The Morgan fingerprint density at radius 1 is 1.11 bits per heavy atom. The van der Waals surface area contributed by atoms with Crippen LogP contribution in [-0.4, -0.2) is 19.7 Å². The summed E-state index contributed by atoms with van der Waals surface area (Å²) in [6.45, 7) is 13.7. The fourth-order valence-corrected chi connectivity index (χ4v) is 1.99. The van der Waals surface area contributed by atoms with E-state index in [1.54, 1.807) is 0 Å². The number of aryl methyl sites for hydroxylation is 1. The second-order valence-electron chi connectivity index (χ2n) is 5.98. The Labute approximate surface area is 118 Å². The Balaban J connectivity index is 2.38. The Morgan fingerprint density at radius 2 is 1.84 bits per heavy atom. The molecule has 0 aliphatic heterocycles. The average molecular weight is 263 g/mol. The van der Waals surface area contributed by atoms with Gasteiger partial charge in [0.2, 0.25) is 0 Å². The lowest BCUT2D eigenvalue weighted by molar-refractivity contribution is 0.308. The third-order valence-corrected chi connectivity index (χ3v) is 3.23. The van der Waals surface area contributed by atoms with Crippen molar-refractivity contribution in [2.24, 2.45) is 5.92 Å². The first kappa shape index (κ1) is 16.0. The van der Waals surface area contributed by atoms with Gasteiger partial charge in [0.15, 0.2) is 0 Å². The molecule has 0 unspecified atom stereocenters. The van der Waals surface area contributed by atoms with E-state index in [9.17, 15) is 0 Å². The van der Waals surface area contributed by atoms with Gasteiger partial charge in [-0.25, -0.2) is 0 Å². The van der Waals surface area contributed by atoms with Crippen LogP contribution in [0.3, 0.4) is 0 Å². The summed E-state index contributed by atoms with van der Waals surface area (Å²) in [5.41, 5.74) is 2.56. The van der Waals surface area contributed by atoms with E-state index in [1.807, 2.05) is 0 Å². The molecule has 0 fully saturated rings. The van der Waals surface area contributed by atoms with Crippen LogP contribution in [0.1, 0.15) is 51.2 Å². The highest BCUT2D eigenvalue weighted by Crippen LogP contribution is 2.27. The molecule has 108 valence electrons. The van der Waals surface area contributed by atoms with Crippen molar-refractivity contribution in [2.75, 3.05) is 19.7 Å². The lowest BCUT2D eigenvalue weighted by Crippen LogP contribution is -2.23. The van der Waals surface area contributed by atoms with Gasteiger partial charge < -0.3 is 10.1 Å². The zero-order chi connectivity index (χ0) is 14.3. The maximum absolute atomic E-state index is 5.92. The summed E-state index contributed by atoms with van der Waals surface area (Å²) in [5.74, 6) is 2.31. The van der Waals surface area contributed by atoms with Gasteiger partial charge in [0.05, 0.1) is 0 Å². The third-order valence-electron chi connectivity index (χ3n) is 3.23. The highest BCUT2D eigenvalue weighted by atomic mass is 16.5. The highest BCUT2D eigenvalue weighted by molar-refractivity contribution is 5.39. The summed E-state index contributed by atoms with van der Waals surface area (Å²) in [4.78, 5) is 0. The van der Waals surface area contributed by atoms with Crippen molar-refractivity contribution in [1.29, 1.82) is 0 Å². The minimum absolute atomic E-state index is 0.504. The molecule has 0 heterocycles. The van der Waals surface area contributed by atoms with Crippen LogP contribution in [0.2, 0.25) is 0 Å². The van der Waals surface area contributed by atoms with Gasteiger partial charge in [-0.15, -0.1) is 0 Å². The van der Waals surface area contributed by atoms with E-state index in [-0.39, 0.29) is 0 Å². The second-order valence-corrected chi connectivity index (χ2v) is 5.98. The largest absolute Gasteiger partial charge is 0.492 e. The zero-order valence-corrected chi connectivity index (χ0v) is 13.1. The van der Waals surface area contributed by atoms with Gasteiger partial charge in [-0.3, -0.25) is 0 Å². The monoisotopic (exact) mass is 263 g/mol. The minimum Gasteiger partial charge on any atom is -0.492 e. The normalized spacial score (nSPS) is 11.3. The van der Waals surface area contributed by atoms with E-state index in [0.717, 1.165) is 31.4 Å². The quantitative estimate of drug-likeness (QED) is 0.712. The number of rotatable bonds is 8. The molecular weight excluding hydrogens is 234 g/mol. The van der Waals surface area contributed by atoms with Crippen molar-refractivity contribution >= 4 is 0 Å². The fraction of sp³-hybridized carbons (Fsp3) is 0.647. The first-order valence-electron chi connectivity index (χ1n) is 7.44. The summed E-state index contributed by atoms with van der Waals surface area (Å²) >= 11 is 0. The van der Waals surface area contributed by atoms with Gasteiger partial charge in [0, 0.05) is 6.54 Å². The Bertz CT molecular complexity index is 372. The second kappa shape index (κ2) is 8.21. The molecule has 2 nitrogen and oxygen atoms in total. The van der Waals surface area contributed by atoms with E-state index in [0.29, 0.717) is 5.92 Å². The van der Waals surface area contributed by atoms with Crippen LogP contribution in [-0.2, 0) is 0 Å².